The number of fused-ring (bicyclic) bond motifs is 1. The third-order valence-electron chi connectivity index (χ3n) is 5.31. The summed E-state index contributed by atoms with van der Waals surface area (Å²) in [5, 5.41) is 14.6. The summed E-state index contributed by atoms with van der Waals surface area (Å²) in [4.78, 5) is 13.9. The second-order valence-electron chi connectivity index (χ2n) is 7.26. The highest BCUT2D eigenvalue weighted by Crippen LogP contribution is 2.25. The smallest absolute Gasteiger partial charge is 0.232 e. The van der Waals surface area contributed by atoms with Gasteiger partial charge in [-0.3, -0.25) is 4.90 Å². The van der Waals surface area contributed by atoms with Crippen molar-refractivity contribution in [3.05, 3.63) is 23.1 Å². The number of likely N-dealkylation sites (tertiary alicyclic amines) is 1. The predicted octanol–water partition coefficient (Wildman–Crippen LogP) is 2.23. The number of H-pyrrole nitrogens is 1. The van der Waals surface area contributed by atoms with Crippen LogP contribution in [0.25, 0.3) is 11.0 Å². The standard InChI is InChI=1S/C19H25ClFN7O2/c1-2-30-18-12-3-5-23-17(12)26-19(27-18)25-15(7-22)16(20)24-14-4-6-28(8-13(14)21)11-9-29-10-11/h3,5,7,11,13-14,22,24H,2,4,6,8-10H2,1H3,(H2,23,25,26,27)/b16-15+,22-7?. The maximum Gasteiger partial charge on any atom is 0.232 e. The van der Waals surface area contributed by atoms with Crippen LogP contribution in [0, 0.1) is 5.41 Å². The molecule has 4 heterocycles. The van der Waals surface area contributed by atoms with Crippen LogP contribution in [0.4, 0.5) is 10.3 Å². The normalized spacial score (nSPS) is 23.6. The van der Waals surface area contributed by atoms with Gasteiger partial charge in [0.1, 0.15) is 17.0 Å². The van der Waals surface area contributed by atoms with Crippen LogP contribution in [-0.4, -0.2) is 77.2 Å². The van der Waals surface area contributed by atoms with Crippen LogP contribution in [-0.2, 0) is 4.74 Å². The summed E-state index contributed by atoms with van der Waals surface area (Å²) in [6.07, 6.45) is 2.33. The van der Waals surface area contributed by atoms with Crippen LogP contribution in [0.1, 0.15) is 13.3 Å². The van der Waals surface area contributed by atoms with E-state index in [-0.39, 0.29) is 16.8 Å². The zero-order valence-corrected chi connectivity index (χ0v) is 17.4. The number of piperidine rings is 1. The molecule has 2 atom stereocenters. The van der Waals surface area contributed by atoms with E-state index in [1.165, 1.54) is 0 Å². The Kier molecular flexibility index (Phi) is 6.35. The van der Waals surface area contributed by atoms with Gasteiger partial charge in [0.15, 0.2) is 0 Å². The number of anilines is 1. The summed E-state index contributed by atoms with van der Waals surface area (Å²) in [5.41, 5.74) is 0.840. The van der Waals surface area contributed by atoms with Gasteiger partial charge in [-0.15, -0.1) is 0 Å². The highest BCUT2D eigenvalue weighted by atomic mass is 35.5. The summed E-state index contributed by atoms with van der Waals surface area (Å²) in [6.45, 7) is 4.77. The molecule has 2 aromatic rings. The van der Waals surface area contributed by atoms with E-state index >= 15 is 0 Å². The number of ether oxygens (including phenoxy) is 2. The second-order valence-corrected chi connectivity index (χ2v) is 7.64. The van der Waals surface area contributed by atoms with Gasteiger partial charge in [0, 0.05) is 25.5 Å². The van der Waals surface area contributed by atoms with Crippen molar-refractivity contribution in [3.63, 3.8) is 0 Å². The van der Waals surface area contributed by atoms with Crippen molar-refractivity contribution in [2.75, 3.05) is 38.2 Å². The molecule has 2 fully saturated rings. The Labute approximate surface area is 178 Å². The van der Waals surface area contributed by atoms with Crippen molar-refractivity contribution in [1.29, 1.82) is 5.41 Å². The minimum absolute atomic E-state index is 0.145. The molecular formula is C19H25ClFN7O2. The Hall–Kier alpha value is -2.43. The average Bonchev–Trinajstić information content (AvgIpc) is 3.16. The number of nitrogens with one attached hydrogen (secondary N) is 4. The lowest BCUT2D eigenvalue weighted by molar-refractivity contribution is -0.0813. The van der Waals surface area contributed by atoms with Gasteiger partial charge < -0.3 is 30.5 Å². The number of nitrogens with zero attached hydrogens (tertiary/aromatic N) is 3. The number of alkyl halides is 1. The monoisotopic (exact) mass is 437 g/mol. The lowest BCUT2D eigenvalue weighted by Crippen LogP contribution is -2.58. The molecule has 0 amide bonds. The van der Waals surface area contributed by atoms with Crippen LogP contribution in [0.15, 0.2) is 23.1 Å². The van der Waals surface area contributed by atoms with E-state index in [4.69, 9.17) is 26.5 Å². The quantitative estimate of drug-likeness (QED) is 0.370. The molecule has 2 aromatic heterocycles. The molecule has 30 heavy (non-hydrogen) atoms. The largest absolute Gasteiger partial charge is 0.477 e. The van der Waals surface area contributed by atoms with Crippen molar-refractivity contribution in [1.82, 2.24) is 25.2 Å². The molecule has 0 aromatic carbocycles. The van der Waals surface area contributed by atoms with E-state index in [0.717, 1.165) is 18.1 Å². The number of allylic oxidation sites excluding steroid dienone is 1. The number of aromatic nitrogens is 3. The lowest BCUT2D eigenvalue weighted by Gasteiger charge is -2.43. The van der Waals surface area contributed by atoms with Crippen molar-refractivity contribution >= 4 is 34.8 Å². The molecule has 0 bridgehead atoms. The Morgan fingerprint density at radius 1 is 1.50 bits per heavy atom. The Balaban J connectivity index is 1.46. The minimum Gasteiger partial charge on any atom is -0.477 e. The first-order chi connectivity index (χ1) is 14.6. The number of rotatable bonds is 8. The summed E-state index contributed by atoms with van der Waals surface area (Å²) in [5.74, 6) is 0.652. The van der Waals surface area contributed by atoms with Gasteiger partial charge in [-0.25, -0.2) is 4.39 Å². The van der Waals surface area contributed by atoms with Gasteiger partial charge in [0.05, 0.1) is 43.0 Å². The summed E-state index contributed by atoms with van der Waals surface area (Å²) in [7, 11) is 0. The molecule has 2 aliphatic heterocycles. The predicted molar refractivity (Wildman–Crippen MR) is 113 cm³/mol. The van der Waals surface area contributed by atoms with Gasteiger partial charge in [-0.2, -0.15) is 9.97 Å². The first-order valence-electron chi connectivity index (χ1n) is 9.96. The Morgan fingerprint density at radius 2 is 2.33 bits per heavy atom. The van der Waals surface area contributed by atoms with E-state index in [1.807, 2.05) is 13.0 Å². The van der Waals surface area contributed by atoms with Crippen molar-refractivity contribution < 1.29 is 13.9 Å². The third kappa shape index (κ3) is 4.35. The van der Waals surface area contributed by atoms with E-state index < -0.39 is 12.2 Å². The average molecular weight is 438 g/mol. The van der Waals surface area contributed by atoms with Gasteiger partial charge in [-0.1, -0.05) is 11.6 Å². The first-order valence-corrected chi connectivity index (χ1v) is 10.3. The minimum atomic E-state index is -1.07. The highest BCUT2D eigenvalue weighted by Gasteiger charge is 2.35. The van der Waals surface area contributed by atoms with Crippen LogP contribution in [0.5, 0.6) is 5.88 Å². The fourth-order valence-electron chi connectivity index (χ4n) is 3.59. The van der Waals surface area contributed by atoms with Gasteiger partial charge in [0.2, 0.25) is 11.8 Å². The summed E-state index contributed by atoms with van der Waals surface area (Å²) in [6, 6.07) is 1.71. The summed E-state index contributed by atoms with van der Waals surface area (Å²) < 4.78 is 25.5. The molecule has 2 saturated heterocycles. The Bertz CT molecular complexity index is 933. The first kappa shape index (κ1) is 20.8. The maximum atomic E-state index is 14.7. The molecule has 0 saturated carbocycles. The van der Waals surface area contributed by atoms with Crippen LogP contribution in [0.3, 0.4) is 0 Å². The molecule has 2 aliphatic rings. The molecule has 4 N–H and O–H groups in total. The molecular weight excluding hydrogens is 413 g/mol. The van der Waals surface area contributed by atoms with Gasteiger partial charge in [0.25, 0.3) is 0 Å². The maximum absolute atomic E-state index is 14.7. The zero-order chi connectivity index (χ0) is 21.1. The van der Waals surface area contributed by atoms with E-state index in [0.29, 0.717) is 50.4 Å². The number of hydrogen-bond acceptors (Lipinski definition) is 8. The van der Waals surface area contributed by atoms with E-state index in [1.54, 1.807) is 6.20 Å². The third-order valence-corrected chi connectivity index (χ3v) is 5.62. The van der Waals surface area contributed by atoms with Crippen LogP contribution in [0.2, 0.25) is 0 Å². The number of aromatic amines is 1. The molecule has 2 unspecified atom stereocenters. The molecule has 162 valence electrons. The van der Waals surface area contributed by atoms with Crippen molar-refractivity contribution in [3.8, 4) is 5.88 Å². The fourth-order valence-corrected chi connectivity index (χ4v) is 3.83. The molecule has 0 spiro atoms. The van der Waals surface area contributed by atoms with Gasteiger partial charge >= 0.3 is 0 Å². The molecule has 4 rings (SSSR count). The highest BCUT2D eigenvalue weighted by molar-refractivity contribution is 6.31. The summed E-state index contributed by atoms with van der Waals surface area (Å²) >= 11 is 6.39. The van der Waals surface area contributed by atoms with E-state index in [2.05, 4.69) is 30.5 Å². The van der Waals surface area contributed by atoms with Crippen molar-refractivity contribution in [2.24, 2.45) is 0 Å². The molecule has 0 radical (unpaired) electrons. The second kappa shape index (κ2) is 9.15. The topological polar surface area (TPSA) is 111 Å². The number of hydrogen-bond donors (Lipinski definition) is 4. The Morgan fingerprint density at radius 3 is 3.00 bits per heavy atom. The van der Waals surface area contributed by atoms with E-state index in [9.17, 15) is 4.39 Å². The van der Waals surface area contributed by atoms with Crippen LogP contribution >= 0.6 is 11.6 Å². The zero-order valence-electron chi connectivity index (χ0n) is 16.6. The number of halogens is 2. The lowest BCUT2D eigenvalue weighted by atomic mass is 10.0. The SMILES string of the molecule is CCOc1nc(N/C(C=N)=C(\Cl)NC2CCN(C3COC3)CC2F)nc2[nH]ccc12. The molecule has 9 nitrogen and oxygen atoms in total. The van der Waals surface area contributed by atoms with Gasteiger partial charge in [-0.05, 0) is 19.4 Å². The van der Waals surface area contributed by atoms with Crippen LogP contribution < -0.4 is 15.4 Å². The molecule has 11 heteroatoms. The fraction of sp³-hybridized carbons (Fsp3) is 0.526. The molecule has 0 aliphatic carbocycles. The van der Waals surface area contributed by atoms with Crippen molar-refractivity contribution in [2.45, 2.75) is 31.6 Å².